The van der Waals surface area contributed by atoms with Crippen LogP contribution in [0.5, 0.6) is 17.2 Å². The first-order valence-electron chi connectivity index (χ1n) is 8.60. The van der Waals surface area contributed by atoms with E-state index in [4.69, 9.17) is 18.6 Å². The number of hydrogen-bond acceptors (Lipinski definition) is 6. The van der Waals surface area contributed by atoms with Gasteiger partial charge in [-0.1, -0.05) is 0 Å². The Labute approximate surface area is 161 Å². The van der Waals surface area contributed by atoms with Gasteiger partial charge in [0.1, 0.15) is 22.8 Å². The highest BCUT2D eigenvalue weighted by molar-refractivity contribution is 5.93. The second-order valence-corrected chi connectivity index (χ2v) is 6.32. The van der Waals surface area contributed by atoms with E-state index in [1.54, 1.807) is 37.3 Å². The van der Waals surface area contributed by atoms with Crippen LogP contribution in [0.4, 0.5) is 5.69 Å². The smallest absolute Gasteiger partial charge is 0.336 e. The van der Waals surface area contributed by atoms with Crippen molar-refractivity contribution in [1.29, 1.82) is 0 Å². The molecular formula is C21H21NO6. The van der Waals surface area contributed by atoms with Gasteiger partial charge < -0.3 is 23.9 Å². The number of anilines is 1. The van der Waals surface area contributed by atoms with Crippen molar-refractivity contribution in [1.82, 2.24) is 0 Å². The number of carbonyl (C=O) groups excluding carboxylic acids is 1. The standard InChI is InChI=1S/C21H21NO6/c1-12-5-17(21-13(2)7-20(24)28-18(21)6-12)27-11-19(23)22-14-8-15(25-3)10-16(9-14)26-4/h5-10H,11H2,1-4H3,(H,22,23). The molecule has 0 aliphatic heterocycles. The number of fused-ring (bicyclic) bond motifs is 1. The molecule has 0 bridgehead atoms. The molecule has 0 aliphatic carbocycles. The number of hydrogen-bond donors (Lipinski definition) is 1. The maximum atomic E-state index is 12.4. The van der Waals surface area contributed by atoms with Crippen LogP contribution in [0.3, 0.4) is 0 Å². The number of benzene rings is 2. The number of nitrogens with one attached hydrogen (secondary N) is 1. The van der Waals surface area contributed by atoms with Crippen LogP contribution < -0.4 is 25.2 Å². The molecule has 0 spiro atoms. The molecule has 7 heteroatoms. The number of rotatable bonds is 6. The van der Waals surface area contributed by atoms with Crippen molar-refractivity contribution in [2.75, 3.05) is 26.1 Å². The van der Waals surface area contributed by atoms with Gasteiger partial charge in [-0.25, -0.2) is 4.79 Å². The molecule has 7 nitrogen and oxygen atoms in total. The molecule has 0 saturated carbocycles. The molecule has 1 heterocycles. The van der Waals surface area contributed by atoms with Crippen LogP contribution in [0.1, 0.15) is 11.1 Å². The molecule has 1 N–H and O–H groups in total. The van der Waals surface area contributed by atoms with Gasteiger partial charge in [0.25, 0.3) is 5.91 Å². The zero-order chi connectivity index (χ0) is 20.3. The topological polar surface area (TPSA) is 87.0 Å². The van der Waals surface area contributed by atoms with Crippen LogP contribution in [0, 0.1) is 13.8 Å². The van der Waals surface area contributed by atoms with Gasteiger partial charge in [0, 0.05) is 30.0 Å². The van der Waals surface area contributed by atoms with Crippen molar-refractivity contribution < 1.29 is 23.4 Å². The van der Waals surface area contributed by atoms with Crippen LogP contribution in [0.2, 0.25) is 0 Å². The molecule has 28 heavy (non-hydrogen) atoms. The predicted octanol–water partition coefficient (Wildman–Crippen LogP) is 3.44. The predicted molar refractivity (Wildman–Crippen MR) is 106 cm³/mol. The fourth-order valence-electron chi connectivity index (χ4n) is 2.91. The van der Waals surface area contributed by atoms with Gasteiger partial charge in [-0.15, -0.1) is 0 Å². The Balaban J connectivity index is 1.79. The summed E-state index contributed by atoms with van der Waals surface area (Å²) < 4.78 is 21.4. The van der Waals surface area contributed by atoms with Crippen LogP contribution in [0.25, 0.3) is 11.0 Å². The third-order valence-corrected chi connectivity index (χ3v) is 4.14. The summed E-state index contributed by atoms with van der Waals surface area (Å²) in [5.74, 6) is 1.26. The lowest BCUT2D eigenvalue weighted by atomic mass is 10.1. The first kappa shape index (κ1) is 19.3. The molecule has 0 fully saturated rings. The van der Waals surface area contributed by atoms with Crippen molar-refractivity contribution in [3.8, 4) is 17.2 Å². The van der Waals surface area contributed by atoms with Crippen LogP contribution in [0.15, 0.2) is 45.6 Å². The second-order valence-electron chi connectivity index (χ2n) is 6.32. The molecule has 1 aromatic heterocycles. The van der Waals surface area contributed by atoms with E-state index >= 15 is 0 Å². The van der Waals surface area contributed by atoms with E-state index in [1.165, 1.54) is 20.3 Å². The summed E-state index contributed by atoms with van der Waals surface area (Å²) in [5.41, 5.74) is 2.11. The highest BCUT2D eigenvalue weighted by Crippen LogP contribution is 2.30. The van der Waals surface area contributed by atoms with E-state index in [2.05, 4.69) is 5.32 Å². The van der Waals surface area contributed by atoms with Gasteiger partial charge in [0.2, 0.25) is 0 Å². The van der Waals surface area contributed by atoms with Crippen molar-refractivity contribution in [2.24, 2.45) is 0 Å². The molecule has 3 rings (SSSR count). The largest absolute Gasteiger partial charge is 0.497 e. The van der Waals surface area contributed by atoms with Gasteiger partial charge in [0.05, 0.1) is 19.6 Å². The van der Waals surface area contributed by atoms with Crippen molar-refractivity contribution in [3.05, 3.63) is 57.9 Å². The molecule has 0 aliphatic rings. The molecule has 3 aromatic rings. The van der Waals surface area contributed by atoms with Crippen molar-refractivity contribution in [3.63, 3.8) is 0 Å². The van der Waals surface area contributed by atoms with Crippen LogP contribution in [-0.2, 0) is 4.79 Å². The third kappa shape index (κ3) is 4.25. The average Bonchev–Trinajstić information content (AvgIpc) is 2.64. The minimum Gasteiger partial charge on any atom is -0.497 e. The Bertz CT molecular complexity index is 1060. The Kier molecular flexibility index (Phi) is 5.54. The van der Waals surface area contributed by atoms with Gasteiger partial charge in [0.15, 0.2) is 6.61 Å². The number of ether oxygens (including phenoxy) is 3. The third-order valence-electron chi connectivity index (χ3n) is 4.14. The highest BCUT2D eigenvalue weighted by Gasteiger charge is 2.12. The first-order chi connectivity index (χ1) is 13.4. The van der Waals surface area contributed by atoms with Crippen molar-refractivity contribution >= 4 is 22.6 Å². The normalized spacial score (nSPS) is 10.6. The summed E-state index contributed by atoms with van der Waals surface area (Å²) in [6.07, 6.45) is 0. The molecule has 1 amide bonds. The summed E-state index contributed by atoms with van der Waals surface area (Å²) >= 11 is 0. The minimum atomic E-state index is -0.425. The molecule has 146 valence electrons. The van der Waals surface area contributed by atoms with E-state index in [9.17, 15) is 9.59 Å². The summed E-state index contributed by atoms with van der Waals surface area (Å²) in [6, 6.07) is 10.0. The van der Waals surface area contributed by atoms with E-state index in [1.807, 2.05) is 6.92 Å². The van der Waals surface area contributed by atoms with E-state index < -0.39 is 5.63 Å². The summed E-state index contributed by atoms with van der Waals surface area (Å²) in [5, 5.41) is 3.42. The Morgan fingerprint density at radius 1 is 1.00 bits per heavy atom. The summed E-state index contributed by atoms with van der Waals surface area (Å²) in [6.45, 7) is 3.44. The fraction of sp³-hybridized carbons (Fsp3) is 0.238. The van der Waals surface area contributed by atoms with Crippen LogP contribution >= 0.6 is 0 Å². The minimum absolute atomic E-state index is 0.212. The zero-order valence-electron chi connectivity index (χ0n) is 16.1. The molecule has 2 aromatic carbocycles. The number of aryl methyl sites for hydroxylation is 2. The van der Waals surface area contributed by atoms with E-state index in [-0.39, 0.29) is 12.5 Å². The van der Waals surface area contributed by atoms with Gasteiger partial charge in [-0.2, -0.15) is 0 Å². The Morgan fingerprint density at radius 3 is 2.32 bits per heavy atom. The average molecular weight is 383 g/mol. The Morgan fingerprint density at radius 2 is 1.68 bits per heavy atom. The SMILES string of the molecule is COc1cc(NC(=O)COc2cc(C)cc3oc(=O)cc(C)c23)cc(OC)c1. The molecular weight excluding hydrogens is 362 g/mol. The lowest BCUT2D eigenvalue weighted by Crippen LogP contribution is -2.20. The zero-order valence-corrected chi connectivity index (χ0v) is 16.1. The quantitative estimate of drug-likeness (QED) is 0.656. The lowest BCUT2D eigenvalue weighted by molar-refractivity contribution is -0.118. The monoisotopic (exact) mass is 383 g/mol. The van der Waals surface area contributed by atoms with Gasteiger partial charge >= 0.3 is 5.63 Å². The maximum absolute atomic E-state index is 12.4. The highest BCUT2D eigenvalue weighted by atomic mass is 16.5. The van der Waals surface area contributed by atoms with Crippen molar-refractivity contribution in [2.45, 2.75) is 13.8 Å². The molecule has 0 atom stereocenters. The fourth-order valence-corrected chi connectivity index (χ4v) is 2.91. The lowest BCUT2D eigenvalue weighted by Gasteiger charge is -2.13. The molecule has 0 saturated heterocycles. The second kappa shape index (κ2) is 8.04. The van der Waals surface area contributed by atoms with E-state index in [0.717, 1.165) is 11.1 Å². The van der Waals surface area contributed by atoms with Crippen LogP contribution in [-0.4, -0.2) is 26.7 Å². The van der Waals surface area contributed by atoms with Gasteiger partial charge in [-0.05, 0) is 37.1 Å². The molecule has 0 unspecified atom stereocenters. The summed E-state index contributed by atoms with van der Waals surface area (Å²) in [7, 11) is 3.07. The Hall–Kier alpha value is -3.48. The molecule has 0 radical (unpaired) electrons. The summed E-state index contributed by atoms with van der Waals surface area (Å²) in [4.78, 5) is 24.0. The number of carbonyl (C=O) groups is 1. The number of methoxy groups -OCH3 is 2. The van der Waals surface area contributed by atoms with Gasteiger partial charge in [-0.3, -0.25) is 4.79 Å². The van der Waals surface area contributed by atoms with E-state index in [0.29, 0.717) is 33.9 Å². The number of amides is 1. The maximum Gasteiger partial charge on any atom is 0.336 e. The first-order valence-corrected chi connectivity index (χ1v) is 8.60.